The van der Waals surface area contributed by atoms with Crippen LogP contribution in [0.3, 0.4) is 0 Å². The Morgan fingerprint density at radius 2 is 1.31 bits per heavy atom. The Labute approximate surface area is 254 Å². The number of fused-ring (bicyclic) bond motifs is 7. The predicted molar refractivity (Wildman–Crippen MR) is 172 cm³/mol. The van der Waals surface area contributed by atoms with Crippen molar-refractivity contribution in [2.24, 2.45) is 29.1 Å². The average Bonchev–Trinajstić information content (AvgIpc) is 3.37. The fourth-order valence-electron chi connectivity index (χ4n) is 12.6. The first-order valence-electron chi connectivity index (χ1n) is 17.8. The molecule has 224 valence electrons. The summed E-state index contributed by atoms with van der Waals surface area (Å²) >= 11 is 0. The summed E-state index contributed by atoms with van der Waals surface area (Å²) in [7, 11) is 0. The van der Waals surface area contributed by atoms with E-state index in [9.17, 15) is 0 Å². The summed E-state index contributed by atoms with van der Waals surface area (Å²) in [5.74, 6) is 3.36. The first-order valence-corrected chi connectivity index (χ1v) is 17.8. The highest BCUT2D eigenvalue weighted by Gasteiger charge is 2.68. The predicted octanol–water partition coefficient (Wildman–Crippen LogP) is 7.43. The topological polar surface area (TPSA) is 21.8 Å². The van der Waals surface area contributed by atoms with Gasteiger partial charge in [-0.2, -0.15) is 0 Å². The van der Waals surface area contributed by atoms with Crippen LogP contribution in [0.15, 0.2) is 60.7 Å². The van der Waals surface area contributed by atoms with Crippen LogP contribution in [0.25, 0.3) is 0 Å². The van der Waals surface area contributed by atoms with Gasteiger partial charge in [-0.1, -0.05) is 75.9 Å². The first-order chi connectivity index (χ1) is 20.6. The quantitative estimate of drug-likeness (QED) is 0.418. The van der Waals surface area contributed by atoms with E-state index in [0.717, 1.165) is 41.8 Å². The van der Waals surface area contributed by atoms with Crippen molar-refractivity contribution in [1.29, 1.82) is 0 Å². The monoisotopic (exact) mass is 564 g/mol. The van der Waals surface area contributed by atoms with Gasteiger partial charge in [-0.3, -0.25) is 9.80 Å². The molecule has 3 saturated carbocycles. The molecule has 0 amide bonds. The van der Waals surface area contributed by atoms with E-state index in [4.69, 9.17) is 0 Å². The van der Waals surface area contributed by atoms with Crippen LogP contribution in [0.4, 0.5) is 11.4 Å². The van der Waals surface area contributed by atoms with Gasteiger partial charge in [-0.05, 0) is 105 Å². The van der Waals surface area contributed by atoms with Gasteiger partial charge >= 0.3 is 0 Å². The minimum atomic E-state index is 0.443. The minimum Gasteiger partial charge on any atom is -0.338 e. The molecule has 4 heteroatoms. The lowest BCUT2D eigenvalue weighted by Gasteiger charge is -2.70. The summed E-state index contributed by atoms with van der Waals surface area (Å²) in [4.78, 5) is 9.24. The molecule has 11 unspecified atom stereocenters. The van der Waals surface area contributed by atoms with Crippen molar-refractivity contribution < 1.29 is 0 Å². The number of piperidine rings is 2. The van der Waals surface area contributed by atoms with Crippen LogP contribution in [0.2, 0.25) is 0 Å². The number of nitrogens with one attached hydrogen (secondary N) is 1. The standard InChI is InChI=1S/C38H52N4/c1-38(2)30-18-10-12-20-33(30)41-34-24-27(40(25-13-5-3-6-14-25)26-15-7-4-8-16-26)23-29-28-17-9-11-19-32(28)42(35(29)34)37-36(41)31(38)21-22-39-37/h3-8,13-16,27-37,39H,9-12,17-24H2,1-2H3. The lowest BCUT2D eigenvalue weighted by Crippen LogP contribution is -2.82. The van der Waals surface area contributed by atoms with Crippen molar-refractivity contribution in [3.8, 4) is 0 Å². The van der Waals surface area contributed by atoms with Gasteiger partial charge in [0.1, 0.15) is 0 Å². The molecule has 11 atom stereocenters. The number of hydrogen-bond donors (Lipinski definition) is 1. The van der Waals surface area contributed by atoms with Gasteiger partial charge in [0.2, 0.25) is 0 Å². The highest BCUT2D eigenvalue weighted by atomic mass is 15.5. The zero-order valence-electron chi connectivity index (χ0n) is 26.0. The van der Waals surface area contributed by atoms with Crippen LogP contribution in [0.5, 0.6) is 0 Å². The van der Waals surface area contributed by atoms with E-state index in [1.54, 1.807) is 0 Å². The van der Waals surface area contributed by atoms with E-state index in [0.29, 0.717) is 29.7 Å². The summed E-state index contributed by atoms with van der Waals surface area (Å²) < 4.78 is 0. The Hall–Kier alpha value is -1.88. The number of piperazine rings is 1. The van der Waals surface area contributed by atoms with Crippen molar-refractivity contribution in [3.05, 3.63) is 60.7 Å². The molecule has 3 aliphatic carbocycles. The first kappa shape index (κ1) is 26.5. The molecule has 0 spiro atoms. The maximum absolute atomic E-state index is 4.24. The van der Waals surface area contributed by atoms with Crippen LogP contribution in [0.1, 0.15) is 84.5 Å². The maximum Gasteiger partial charge on any atom is 0.0766 e. The van der Waals surface area contributed by atoms with Crippen LogP contribution < -0.4 is 10.2 Å². The minimum absolute atomic E-state index is 0.443. The molecule has 7 aliphatic rings. The second kappa shape index (κ2) is 10.1. The number of anilines is 2. The number of hydrogen-bond acceptors (Lipinski definition) is 4. The van der Waals surface area contributed by atoms with Gasteiger partial charge < -0.3 is 10.2 Å². The van der Waals surface area contributed by atoms with Gasteiger partial charge in [-0.25, -0.2) is 0 Å². The molecule has 4 nitrogen and oxygen atoms in total. The van der Waals surface area contributed by atoms with E-state index < -0.39 is 0 Å². The largest absolute Gasteiger partial charge is 0.338 e. The van der Waals surface area contributed by atoms with Crippen LogP contribution >= 0.6 is 0 Å². The third-order valence-corrected chi connectivity index (χ3v) is 14.0. The van der Waals surface area contributed by atoms with E-state index >= 15 is 0 Å². The SMILES string of the molecule is CC1(C)C2CCCCC2N2C3CC(N(c4ccccc4)c4ccccc4)CC4C5CCCCC5N(C5NCCC1C52)C43. The molecule has 2 aromatic carbocycles. The van der Waals surface area contributed by atoms with Gasteiger partial charge in [0, 0.05) is 47.6 Å². The molecule has 9 rings (SSSR count). The third kappa shape index (κ3) is 3.76. The van der Waals surface area contributed by atoms with Crippen molar-refractivity contribution in [3.63, 3.8) is 0 Å². The lowest BCUT2D eigenvalue weighted by molar-refractivity contribution is -0.213. The van der Waals surface area contributed by atoms with Crippen molar-refractivity contribution in [2.75, 3.05) is 11.4 Å². The van der Waals surface area contributed by atoms with Crippen LogP contribution in [-0.4, -0.2) is 58.8 Å². The molecule has 4 heterocycles. The summed E-state index contributed by atoms with van der Waals surface area (Å²) in [5.41, 5.74) is 3.20. The van der Waals surface area contributed by atoms with E-state index in [1.807, 2.05) is 0 Å². The second-order valence-electron chi connectivity index (χ2n) is 15.9. The Morgan fingerprint density at radius 3 is 2.05 bits per heavy atom. The molecule has 42 heavy (non-hydrogen) atoms. The van der Waals surface area contributed by atoms with Crippen molar-refractivity contribution in [2.45, 2.75) is 127 Å². The number of nitrogens with zero attached hydrogens (tertiary/aromatic N) is 3. The molecule has 1 N–H and O–H groups in total. The normalized spacial score (nSPS) is 43.9. The van der Waals surface area contributed by atoms with E-state index in [2.05, 4.69) is 94.5 Å². The molecular weight excluding hydrogens is 512 g/mol. The Bertz CT molecular complexity index is 1220. The fraction of sp³-hybridized carbons (Fsp3) is 0.684. The Morgan fingerprint density at radius 1 is 0.643 bits per heavy atom. The summed E-state index contributed by atoms with van der Waals surface area (Å²) in [5, 5.41) is 4.24. The summed E-state index contributed by atoms with van der Waals surface area (Å²) in [6.07, 6.45) is 16.1. The molecule has 0 bridgehead atoms. The smallest absolute Gasteiger partial charge is 0.0766 e. The van der Waals surface area contributed by atoms with Gasteiger partial charge in [-0.15, -0.1) is 0 Å². The van der Waals surface area contributed by atoms with E-state index in [-0.39, 0.29) is 0 Å². The highest BCUT2D eigenvalue weighted by molar-refractivity contribution is 5.64. The molecule has 7 fully saturated rings. The molecule has 2 aromatic rings. The van der Waals surface area contributed by atoms with Crippen LogP contribution in [0, 0.1) is 29.1 Å². The second-order valence-corrected chi connectivity index (χ2v) is 15.9. The summed E-state index contributed by atoms with van der Waals surface area (Å²) in [6.45, 7) is 6.60. The molecule has 4 aliphatic heterocycles. The lowest BCUT2D eigenvalue weighted by atomic mass is 9.53. The summed E-state index contributed by atoms with van der Waals surface area (Å²) in [6, 6.07) is 27.0. The number of benzene rings is 2. The van der Waals surface area contributed by atoms with Gasteiger partial charge in [0.15, 0.2) is 0 Å². The molecule has 4 saturated heterocycles. The molecule has 0 radical (unpaired) electrons. The zero-order chi connectivity index (χ0) is 28.0. The van der Waals surface area contributed by atoms with Gasteiger partial charge in [0.25, 0.3) is 0 Å². The van der Waals surface area contributed by atoms with E-state index in [1.165, 1.54) is 88.5 Å². The molecule has 0 aromatic heterocycles. The fourth-order valence-corrected chi connectivity index (χ4v) is 12.6. The molecular formula is C38H52N4. The highest BCUT2D eigenvalue weighted by Crippen LogP contribution is 2.62. The Balaban J connectivity index is 1.19. The maximum atomic E-state index is 4.24. The van der Waals surface area contributed by atoms with Crippen LogP contribution in [-0.2, 0) is 0 Å². The zero-order valence-corrected chi connectivity index (χ0v) is 26.0. The Kier molecular flexibility index (Phi) is 6.36. The number of para-hydroxylation sites is 2. The van der Waals surface area contributed by atoms with Gasteiger partial charge in [0.05, 0.1) is 6.17 Å². The third-order valence-electron chi connectivity index (χ3n) is 14.0. The number of rotatable bonds is 3. The van der Waals surface area contributed by atoms with Crippen molar-refractivity contribution in [1.82, 2.24) is 15.1 Å². The van der Waals surface area contributed by atoms with Crippen molar-refractivity contribution >= 4 is 11.4 Å². The average molecular weight is 565 g/mol.